The van der Waals surface area contributed by atoms with E-state index in [0.717, 1.165) is 42.7 Å². The summed E-state index contributed by atoms with van der Waals surface area (Å²) in [6, 6.07) is 3.74. The summed E-state index contributed by atoms with van der Waals surface area (Å²) in [5.74, 6) is 1.86. The zero-order chi connectivity index (χ0) is 16.4. The van der Waals surface area contributed by atoms with E-state index in [-0.39, 0.29) is 11.8 Å². The summed E-state index contributed by atoms with van der Waals surface area (Å²) in [7, 11) is 3.20. The lowest BCUT2D eigenvalue weighted by molar-refractivity contribution is -0.122. The first kappa shape index (κ1) is 15.3. The van der Waals surface area contributed by atoms with Gasteiger partial charge in [-0.25, -0.2) is 9.97 Å². The van der Waals surface area contributed by atoms with Crippen LogP contribution in [0.25, 0.3) is 10.9 Å². The number of amides is 1. The first-order valence-corrected chi connectivity index (χ1v) is 7.55. The molecule has 1 aliphatic heterocycles. The SMILES string of the molecule is COc1cc2ncnc(N3CCC(C(N)=O)CC3)c2cc1OC. The zero-order valence-electron chi connectivity index (χ0n) is 13.3. The van der Waals surface area contributed by atoms with Crippen molar-refractivity contribution in [1.29, 1.82) is 0 Å². The minimum Gasteiger partial charge on any atom is -0.493 e. The van der Waals surface area contributed by atoms with E-state index in [9.17, 15) is 4.79 Å². The molecule has 1 aromatic heterocycles. The van der Waals surface area contributed by atoms with Gasteiger partial charge in [0.05, 0.1) is 19.7 Å². The molecule has 1 aliphatic rings. The number of hydrogen-bond donors (Lipinski definition) is 1. The van der Waals surface area contributed by atoms with E-state index in [1.807, 2.05) is 12.1 Å². The number of carbonyl (C=O) groups is 1. The molecule has 2 aromatic rings. The molecular weight excluding hydrogens is 296 g/mol. The van der Waals surface area contributed by atoms with Crippen molar-refractivity contribution in [3.63, 3.8) is 0 Å². The van der Waals surface area contributed by atoms with Crippen LogP contribution in [-0.2, 0) is 4.79 Å². The van der Waals surface area contributed by atoms with Gasteiger partial charge in [-0.3, -0.25) is 4.79 Å². The summed E-state index contributed by atoms with van der Waals surface area (Å²) >= 11 is 0. The molecule has 0 spiro atoms. The maximum Gasteiger partial charge on any atom is 0.220 e. The third-order valence-corrected chi connectivity index (χ3v) is 4.32. The van der Waals surface area contributed by atoms with Crippen molar-refractivity contribution in [3.8, 4) is 11.5 Å². The Bertz CT molecular complexity index is 727. The first-order valence-electron chi connectivity index (χ1n) is 7.55. The van der Waals surface area contributed by atoms with E-state index in [1.54, 1.807) is 20.5 Å². The second-order valence-electron chi connectivity index (χ2n) is 5.59. The molecule has 0 saturated carbocycles. The quantitative estimate of drug-likeness (QED) is 0.915. The van der Waals surface area contributed by atoms with Gasteiger partial charge in [0.25, 0.3) is 0 Å². The Morgan fingerprint density at radius 3 is 2.43 bits per heavy atom. The number of aromatic nitrogens is 2. The molecule has 0 atom stereocenters. The molecule has 0 aliphatic carbocycles. The average molecular weight is 316 g/mol. The Balaban J connectivity index is 1.97. The standard InChI is InChI=1S/C16H20N4O3/c1-22-13-7-11-12(8-14(13)23-2)18-9-19-16(11)20-5-3-10(4-6-20)15(17)21/h7-10H,3-6H2,1-2H3,(H2,17,21). The Kier molecular flexibility index (Phi) is 4.18. The molecule has 0 radical (unpaired) electrons. The first-order chi connectivity index (χ1) is 11.1. The maximum atomic E-state index is 11.3. The van der Waals surface area contributed by atoms with Crippen molar-refractivity contribution < 1.29 is 14.3 Å². The van der Waals surface area contributed by atoms with Gasteiger partial charge >= 0.3 is 0 Å². The molecule has 2 N–H and O–H groups in total. The number of benzene rings is 1. The third kappa shape index (κ3) is 2.86. The van der Waals surface area contributed by atoms with Gasteiger partial charge < -0.3 is 20.1 Å². The van der Waals surface area contributed by atoms with Gasteiger partial charge in [0.2, 0.25) is 5.91 Å². The van der Waals surface area contributed by atoms with Gasteiger partial charge in [0, 0.05) is 30.5 Å². The van der Waals surface area contributed by atoms with Crippen LogP contribution < -0.4 is 20.1 Å². The molecule has 122 valence electrons. The molecule has 0 unspecified atom stereocenters. The van der Waals surface area contributed by atoms with Crippen LogP contribution in [0.4, 0.5) is 5.82 Å². The highest BCUT2D eigenvalue weighted by Gasteiger charge is 2.25. The lowest BCUT2D eigenvalue weighted by atomic mass is 9.96. The Morgan fingerprint density at radius 1 is 1.17 bits per heavy atom. The fraction of sp³-hybridized carbons (Fsp3) is 0.438. The Hall–Kier alpha value is -2.57. The number of fused-ring (bicyclic) bond motifs is 1. The number of methoxy groups -OCH3 is 2. The molecule has 1 amide bonds. The zero-order valence-corrected chi connectivity index (χ0v) is 13.3. The molecule has 2 heterocycles. The fourth-order valence-electron chi connectivity index (χ4n) is 3.00. The summed E-state index contributed by atoms with van der Waals surface area (Å²) in [5, 5.41) is 0.905. The highest BCUT2D eigenvalue weighted by Crippen LogP contribution is 2.35. The summed E-state index contributed by atoms with van der Waals surface area (Å²) in [4.78, 5) is 22.2. The van der Waals surface area contributed by atoms with Crippen LogP contribution in [0.1, 0.15) is 12.8 Å². The third-order valence-electron chi connectivity index (χ3n) is 4.32. The van der Waals surface area contributed by atoms with Crippen LogP contribution in [0.5, 0.6) is 11.5 Å². The minimum atomic E-state index is -0.219. The number of hydrogen-bond acceptors (Lipinski definition) is 6. The van der Waals surface area contributed by atoms with Crippen LogP contribution in [0.15, 0.2) is 18.5 Å². The molecule has 0 bridgehead atoms. The lowest BCUT2D eigenvalue weighted by Crippen LogP contribution is -2.39. The topological polar surface area (TPSA) is 90.6 Å². The summed E-state index contributed by atoms with van der Waals surface area (Å²) < 4.78 is 10.7. The normalized spacial score (nSPS) is 15.7. The van der Waals surface area contributed by atoms with Gasteiger partial charge in [-0.05, 0) is 18.9 Å². The van der Waals surface area contributed by atoms with Gasteiger partial charge in [0.1, 0.15) is 12.1 Å². The van der Waals surface area contributed by atoms with E-state index in [1.165, 1.54) is 0 Å². The van der Waals surface area contributed by atoms with E-state index in [0.29, 0.717) is 11.5 Å². The van der Waals surface area contributed by atoms with Crippen molar-refractivity contribution in [3.05, 3.63) is 18.5 Å². The number of ether oxygens (including phenoxy) is 2. The molecule has 7 nitrogen and oxygen atoms in total. The smallest absolute Gasteiger partial charge is 0.220 e. The van der Waals surface area contributed by atoms with Crippen molar-refractivity contribution in [2.75, 3.05) is 32.2 Å². The van der Waals surface area contributed by atoms with Gasteiger partial charge in [-0.15, -0.1) is 0 Å². The van der Waals surface area contributed by atoms with Crippen molar-refractivity contribution in [1.82, 2.24) is 9.97 Å². The molecule has 3 rings (SSSR count). The molecule has 1 saturated heterocycles. The highest BCUT2D eigenvalue weighted by atomic mass is 16.5. The molecule has 23 heavy (non-hydrogen) atoms. The predicted octanol–water partition coefficient (Wildman–Crippen LogP) is 1.35. The number of anilines is 1. The number of carbonyl (C=O) groups excluding carboxylic acids is 1. The lowest BCUT2D eigenvalue weighted by Gasteiger charge is -2.32. The Labute approximate surface area is 134 Å². The predicted molar refractivity (Wildman–Crippen MR) is 86.8 cm³/mol. The molecule has 7 heteroatoms. The second-order valence-corrected chi connectivity index (χ2v) is 5.59. The maximum absolute atomic E-state index is 11.3. The number of nitrogens with zero attached hydrogens (tertiary/aromatic N) is 3. The number of nitrogens with two attached hydrogens (primary N) is 1. The van der Waals surface area contributed by atoms with Gasteiger partial charge in [-0.2, -0.15) is 0 Å². The van der Waals surface area contributed by atoms with Crippen molar-refractivity contribution in [2.24, 2.45) is 11.7 Å². The van der Waals surface area contributed by atoms with Crippen LogP contribution in [-0.4, -0.2) is 43.2 Å². The van der Waals surface area contributed by atoms with Crippen LogP contribution in [0.2, 0.25) is 0 Å². The van der Waals surface area contributed by atoms with Gasteiger partial charge in [0.15, 0.2) is 11.5 Å². The van der Waals surface area contributed by atoms with E-state index >= 15 is 0 Å². The van der Waals surface area contributed by atoms with E-state index in [4.69, 9.17) is 15.2 Å². The van der Waals surface area contributed by atoms with Crippen molar-refractivity contribution >= 4 is 22.6 Å². The van der Waals surface area contributed by atoms with Crippen molar-refractivity contribution in [2.45, 2.75) is 12.8 Å². The minimum absolute atomic E-state index is 0.0472. The second kappa shape index (κ2) is 6.28. The van der Waals surface area contributed by atoms with Crippen LogP contribution >= 0.6 is 0 Å². The highest BCUT2D eigenvalue weighted by molar-refractivity contribution is 5.92. The van der Waals surface area contributed by atoms with Crippen LogP contribution in [0, 0.1) is 5.92 Å². The largest absolute Gasteiger partial charge is 0.493 e. The molecule has 1 aromatic carbocycles. The fourth-order valence-corrected chi connectivity index (χ4v) is 3.00. The van der Waals surface area contributed by atoms with E-state index < -0.39 is 0 Å². The summed E-state index contributed by atoms with van der Waals surface area (Å²) in [6.07, 6.45) is 3.03. The average Bonchev–Trinajstić information content (AvgIpc) is 2.60. The summed E-state index contributed by atoms with van der Waals surface area (Å²) in [5.41, 5.74) is 6.19. The molecular formula is C16H20N4O3. The summed E-state index contributed by atoms with van der Waals surface area (Å²) in [6.45, 7) is 1.49. The van der Waals surface area contributed by atoms with Crippen LogP contribution in [0.3, 0.4) is 0 Å². The number of rotatable bonds is 4. The van der Waals surface area contributed by atoms with E-state index in [2.05, 4.69) is 14.9 Å². The Morgan fingerprint density at radius 2 is 1.83 bits per heavy atom. The monoisotopic (exact) mass is 316 g/mol. The molecule has 1 fully saturated rings. The number of piperidine rings is 1. The van der Waals surface area contributed by atoms with Gasteiger partial charge in [-0.1, -0.05) is 0 Å². The number of primary amides is 1.